The molecule has 1 amide bonds. The van der Waals surface area contributed by atoms with Gasteiger partial charge in [0, 0.05) is 17.6 Å². The standard InChI is InChI=1S/C15H20N4OS/c1-4-7-16-15(20)12-5-6-14(17-8-12)18-9-13-10(2)21-11(3)19-13/h5-6,8H,4,7,9H2,1-3H3,(H,16,20)(H,17,18). The molecule has 0 saturated heterocycles. The molecule has 5 nitrogen and oxygen atoms in total. The minimum Gasteiger partial charge on any atom is -0.364 e. The van der Waals surface area contributed by atoms with Crippen molar-refractivity contribution in [2.75, 3.05) is 11.9 Å². The van der Waals surface area contributed by atoms with E-state index >= 15 is 0 Å². The van der Waals surface area contributed by atoms with E-state index < -0.39 is 0 Å². The van der Waals surface area contributed by atoms with E-state index in [-0.39, 0.29) is 5.91 Å². The SMILES string of the molecule is CCCNC(=O)c1ccc(NCc2nc(C)sc2C)nc1. The maximum Gasteiger partial charge on any atom is 0.252 e. The largest absolute Gasteiger partial charge is 0.364 e. The highest BCUT2D eigenvalue weighted by Gasteiger charge is 2.07. The van der Waals surface area contributed by atoms with Crippen molar-refractivity contribution in [1.29, 1.82) is 0 Å². The van der Waals surface area contributed by atoms with Crippen molar-refractivity contribution in [2.45, 2.75) is 33.7 Å². The van der Waals surface area contributed by atoms with Crippen molar-refractivity contribution in [3.63, 3.8) is 0 Å². The van der Waals surface area contributed by atoms with Gasteiger partial charge in [-0.1, -0.05) is 6.92 Å². The lowest BCUT2D eigenvalue weighted by molar-refractivity contribution is 0.0953. The zero-order valence-electron chi connectivity index (χ0n) is 12.6. The molecule has 0 aromatic carbocycles. The Morgan fingerprint density at radius 2 is 2.14 bits per heavy atom. The summed E-state index contributed by atoms with van der Waals surface area (Å²) in [6, 6.07) is 3.59. The van der Waals surface area contributed by atoms with Crippen LogP contribution in [0.4, 0.5) is 5.82 Å². The fraction of sp³-hybridized carbons (Fsp3) is 0.400. The van der Waals surface area contributed by atoms with E-state index in [1.54, 1.807) is 23.6 Å². The molecule has 0 atom stereocenters. The van der Waals surface area contributed by atoms with Crippen LogP contribution >= 0.6 is 11.3 Å². The number of pyridine rings is 1. The van der Waals surface area contributed by atoms with Crippen LogP contribution in [0.5, 0.6) is 0 Å². The summed E-state index contributed by atoms with van der Waals surface area (Å²) in [6.07, 6.45) is 2.51. The third-order valence-corrected chi connectivity index (χ3v) is 3.93. The third-order valence-electron chi connectivity index (χ3n) is 3.00. The molecule has 0 unspecified atom stereocenters. The van der Waals surface area contributed by atoms with Gasteiger partial charge >= 0.3 is 0 Å². The number of thiazole rings is 1. The van der Waals surface area contributed by atoms with E-state index in [9.17, 15) is 4.79 Å². The fourth-order valence-corrected chi connectivity index (χ4v) is 2.72. The van der Waals surface area contributed by atoms with Gasteiger partial charge in [-0.2, -0.15) is 0 Å². The Labute approximate surface area is 128 Å². The summed E-state index contributed by atoms with van der Waals surface area (Å²) < 4.78 is 0. The lowest BCUT2D eigenvalue weighted by Crippen LogP contribution is -2.24. The van der Waals surface area contributed by atoms with Crippen LogP contribution in [0.1, 0.15) is 39.3 Å². The number of aromatic nitrogens is 2. The average Bonchev–Trinajstić information content (AvgIpc) is 2.81. The van der Waals surface area contributed by atoms with Gasteiger partial charge in [-0.3, -0.25) is 4.79 Å². The van der Waals surface area contributed by atoms with E-state index in [0.717, 1.165) is 22.9 Å². The van der Waals surface area contributed by atoms with E-state index in [4.69, 9.17) is 0 Å². The van der Waals surface area contributed by atoms with Crippen LogP contribution in [0.3, 0.4) is 0 Å². The van der Waals surface area contributed by atoms with Crippen molar-refractivity contribution in [1.82, 2.24) is 15.3 Å². The second kappa shape index (κ2) is 7.17. The molecule has 0 fully saturated rings. The molecule has 0 spiro atoms. The van der Waals surface area contributed by atoms with E-state index in [2.05, 4.69) is 27.5 Å². The van der Waals surface area contributed by atoms with Crippen LogP contribution in [0, 0.1) is 13.8 Å². The van der Waals surface area contributed by atoms with Crippen molar-refractivity contribution in [3.8, 4) is 0 Å². The number of anilines is 1. The Kier molecular flexibility index (Phi) is 5.27. The van der Waals surface area contributed by atoms with Gasteiger partial charge in [0.25, 0.3) is 5.91 Å². The van der Waals surface area contributed by atoms with Crippen LogP contribution in [0.25, 0.3) is 0 Å². The molecule has 2 aromatic heterocycles. The predicted octanol–water partition coefficient (Wildman–Crippen LogP) is 2.91. The zero-order valence-corrected chi connectivity index (χ0v) is 13.4. The van der Waals surface area contributed by atoms with Crippen LogP contribution in [-0.4, -0.2) is 22.4 Å². The summed E-state index contributed by atoms with van der Waals surface area (Å²) >= 11 is 1.69. The minimum atomic E-state index is -0.0816. The lowest BCUT2D eigenvalue weighted by atomic mass is 10.2. The summed E-state index contributed by atoms with van der Waals surface area (Å²) in [5.41, 5.74) is 1.62. The number of rotatable bonds is 6. The second-order valence-electron chi connectivity index (χ2n) is 4.78. The molecular formula is C15H20N4OS. The number of aryl methyl sites for hydroxylation is 2. The predicted molar refractivity (Wildman–Crippen MR) is 85.8 cm³/mol. The highest BCUT2D eigenvalue weighted by atomic mass is 32.1. The number of carbonyl (C=O) groups is 1. The third kappa shape index (κ3) is 4.26. The maximum absolute atomic E-state index is 11.8. The number of carbonyl (C=O) groups excluding carboxylic acids is 1. The van der Waals surface area contributed by atoms with E-state index in [1.807, 2.05) is 19.9 Å². The van der Waals surface area contributed by atoms with Crippen molar-refractivity contribution in [3.05, 3.63) is 39.5 Å². The first-order valence-corrected chi connectivity index (χ1v) is 7.83. The molecule has 2 aromatic rings. The van der Waals surface area contributed by atoms with Crippen molar-refractivity contribution in [2.24, 2.45) is 0 Å². The number of amides is 1. The van der Waals surface area contributed by atoms with E-state index in [1.165, 1.54) is 4.88 Å². The fourth-order valence-electron chi connectivity index (χ4n) is 1.88. The van der Waals surface area contributed by atoms with E-state index in [0.29, 0.717) is 18.7 Å². The number of nitrogens with zero attached hydrogens (tertiary/aromatic N) is 2. The topological polar surface area (TPSA) is 66.9 Å². The van der Waals surface area contributed by atoms with Crippen LogP contribution in [0.2, 0.25) is 0 Å². The first-order valence-electron chi connectivity index (χ1n) is 7.01. The van der Waals surface area contributed by atoms with Crippen LogP contribution < -0.4 is 10.6 Å². The van der Waals surface area contributed by atoms with Crippen molar-refractivity contribution >= 4 is 23.1 Å². The zero-order chi connectivity index (χ0) is 15.2. The Hall–Kier alpha value is -1.95. The summed E-state index contributed by atoms with van der Waals surface area (Å²) in [5, 5.41) is 7.12. The molecule has 6 heteroatoms. The number of hydrogen-bond acceptors (Lipinski definition) is 5. The van der Waals surface area contributed by atoms with Crippen LogP contribution in [-0.2, 0) is 6.54 Å². The molecule has 0 saturated carbocycles. The van der Waals surface area contributed by atoms with Crippen molar-refractivity contribution < 1.29 is 4.79 Å². The number of hydrogen-bond donors (Lipinski definition) is 2. The molecule has 2 heterocycles. The molecule has 2 N–H and O–H groups in total. The Bertz CT molecular complexity index is 607. The highest BCUT2D eigenvalue weighted by Crippen LogP contribution is 2.17. The summed E-state index contributed by atoms with van der Waals surface area (Å²) in [7, 11) is 0. The molecular weight excluding hydrogens is 284 g/mol. The molecule has 0 aliphatic carbocycles. The Balaban J connectivity index is 1.93. The molecule has 0 radical (unpaired) electrons. The molecule has 2 rings (SSSR count). The molecule has 0 aliphatic rings. The molecule has 21 heavy (non-hydrogen) atoms. The van der Waals surface area contributed by atoms with Gasteiger partial charge in [-0.15, -0.1) is 11.3 Å². The van der Waals surface area contributed by atoms with Gasteiger partial charge in [0.2, 0.25) is 0 Å². The quantitative estimate of drug-likeness (QED) is 0.861. The van der Waals surface area contributed by atoms with Crippen LogP contribution in [0.15, 0.2) is 18.3 Å². The molecule has 0 aliphatic heterocycles. The van der Waals surface area contributed by atoms with Gasteiger partial charge < -0.3 is 10.6 Å². The minimum absolute atomic E-state index is 0.0816. The first kappa shape index (κ1) is 15.4. The van der Waals surface area contributed by atoms with Gasteiger partial charge in [-0.25, -0.2) is 9.97 Å². The summed E-state index contributed by atoms with van der Waals surface area (Å²) in [5.74, 6) is 0.661. The Morgan fingerprint density at radius 1 is 1.33 bits per heavy atom. The average molecular weight is 304 g/mol. The van der Waals surface area contributed by atoms with Gasteiger partial charge in [-0.05, 0) is 32.4 Å². The van der Waals surface area contributed by atoms with Gasteiger partial charge in [0.1, 0.15) is 5.82 Å². The summed E-state index contributed by atoms with van der Waals surface area (Å²) in [6.45, 7) is 7.42. The molecule has 0 bridgehead atoms. The lowest BCUT2D eigenvalue weighted by Gasteiger charge is -2.06. The summed E-state index contributed by atoms with van der Waals surface area (Å²) in [4.78, 5) is 21.7. The Morgan fingerprint density at radius 3 is 2.71 bits per heavy atom. The molecule has 112 valence electrons. The van der Waals surface area contributed by atoms with Gasteiger partial charge in [0.15, 0.2) is 0 Å². The van der Waals surface area contributed by atoms with Gasteiger partial charge in [0.05, 0.1) is 22.8 Å². The first-order chi connectivity index (χ1) is 10.1. The maximum atomic E-state index is 11.8. The number of nitrogens with one attached hydrogen (secondary N) is 2. The second-order valence-corrected chi connectivity index (χ2v) is 6.18. The highest BCUT2D eigenvalue weighted by molar-refractivity contribution is 7.11. The normalized spacial score (nSPS) is 10.4. The monoisotopic (exact) mass is 304 g/mol. The smallest absolute Gasteiger partial charge is 0.252 e.